The molecule has 1 aliphatic carbocycles. The second-order valence-electron chi connectivity index (χ2n) is 6.95. The minimum Gasteiger partial charge on any atom is -0.380 e. The summed E-state index contributed by atoms with van der Waals surface area (Å²) < 4.78 is 11.7. The molecule has 0 amide bonds. The van der Waals surface area contributed by atoms with Crippen molar-refractivity contribution >= 4 is 0 Å². The van der Waals surface area contributed by atoms with Crippen molar-refractivity contribution in [1.29, 1.82) is 0 Å². The number of likely N-dealkylation sites (N-methyl/N-ethyl adjacent to an activating group) is 1. The van der Waals surface area contributed by atoms with Crippen molar-refractivity contribution in [3.05, 3.63) is 0 Å². The van der Waals surface area contributed by atoms with Gasteiger partial charge in [-0.3, -0.25) is 4.90 Å². The lowest BCUT2D eigenvalue weighted by molar-refractivity contribution is -0.126. The molecule has 2 N–H and O–H groups in total. The standard InChI is InChI=1S/C16H32N2O2/c1-4-15(2)12-16(13-17,7-9-20-15)18(3)8-10-19-11-14-5-6-14/h14H,4-13,17H2,1-3H3. The average molecular weight is 284 g/mol. The number of nitrogens with zero attached hydrogens (tertiary/aromatic N) is 1. The lowest BCUT2D eigenvalue weighted by Crippen LogP contribution is -2.60. The van der Waals surface area contributed by atoms with Gasteiger partial charge in [-0.25, -0.2) is 0 Å². The van der Waals surface area contributed by atoms with E-state index in [-0.39, 0.29) is 11.1 Å². The smallest absolute Gasteiger partial charge is 0.0670 e. The van der Waals surface area contributed by atoms with Gasteiger partial charge in [-0.1, -0.05) is 6.92 Å². The second-order valence-corrected chi connectivity index (χ2v) is 6.95. The Labute approximate surface area is 124 Å². The van der Waals surface area contributed by atoms with Gasteiger partial charge in [0.05, 0.1) is 12.2 Å². The van der Waals surface area contributed by atoms with E-state index in [1.807, 2.05) is 0 Å². The number of rotatable bonds is 8. The highest BCUT2D eigenvalue weighted by molar-refractivity contribution is 4.99. The summed E-state index contributed by atoms with van der Waals surface area (Å²) in [4.78, 5) is 2.41. The van der Waals surface area contributed by atoms with Crippen LogP contribution in [0, 0.1) is 5.92 Å². The predicted octanol–water partition coefficient (Wildman–Crippen LogP) is 2.02. The van der Waals surface area contributed by atoms with Gasteiger partial charge in [0.1, 0.15) is 0 Å². The van der Waals surface area contributed by atoms with Crippen molar-refractivity contribution in [3.8, 4) is 0 Å². The van der Waals surface area contributed by atoms with Gasteiger partial charge < -0.3 is 15.2 Å². The van der Waals surface area contributed by atoms with Crippen LogP contribution in [0.1, 0.15) is 46.0 Å². The Morgan fingerprint density at radius 2 is 2.15 bits per heavy atom. The van der Waals surface area contributed by atoms with Crippen LogP contribution in [0.3, 0.4) is 0 Å². The molecule has 20 heavy (non-hydrogen) atoms. The molecule has 0 aromatic rings. The van der Waals surface area contributed by atoms with Crippen LogP contribution in [0.2, 0.25) is 0 Å². The van der Waals surface area contributed by atoms with E-state index in [9.17, 15) is 0 Å². The van der Waals surface area contributed by atoms with E-state index >= 15 is 0 Å². The van der Waals surface area contributed by atoms with Gasteiger partial charge in [-0.05, 0) is 52.0 Å². The topological polar surface area (TPSA) is 47.7 Å². The highest BCUT2D eigenvalue weighted by Gasteiger charge is 2.43. The summed E-state index contributed by atoms with van der Waals surface area (Å²) in [6, 6.07) is 0. The van der Waals surface area contributed by atoms with E-state index in [4.69, 9.17) is 15.2 Å². The van der Waals surface area contributed by atoms with Gasteiger partial charge in [0.25, 0.3) is 0 Å². The highest BCUT2D eigenvalue weighted by atomic mass is 16.5. The first-order chi connectivity index (χ1) is 9.53. The van der Waals surface area contributed by atoms with Crippen LogP contribution in [-0.2, 0) is 9.47 Å². The predicted molar refractivity (Wildman–Crippen MR) is 81.8 cm³/mol. The molecule has 1 saturated carbocycles. The summed E-state index contributed by atoms with van der Waals surface area (Å²) in [7, 11) is 2.19. The summed E-state index contributed by atoms with van der Waals surface area (Å²) in [6.07, 6.45) is 5.80. The maximum absolute atomic E-state index is 6.14. The first kappa shape index (κ1) is 16.2. The van der Waals surface area contributed by atoms with Crippen molar-refractivity contribution in [2.45, 2.75) is 57.1 Å². The van der Waals surface area contributed by atoms with Crippen LogP contribution < -0.4 is 5.73 Å². The molecule has 2 rings (SSSR count). The second kappa shape index (κ2) is 6.73. The van der Waals surface area contributed by atoms with E-state index in [1.54, 1.807) is 0 Å². The zero-order chi connectivity index (χ0) is 14.6. The molecule has 4 nitrogen and oxygen atoms in total. The summed E-state index contributed by atoms with van der Waals surface area (Å²) in [5, 5.41) is 0. The maximum Gasteiger partial charge on any atom is 0.0670 e. The Morgan fingerprint density at radius 3 is 2.75 bits per heavy atom. The van der Waals surface area contributed by atoms with E-state index in [0.29, 0.717) is 6.54 Å². The summed E-state index contributed by atoms with van der Waals surface area (Å²) >= 11 is 0. The van der Waals surface area contributed by atoms with E-state index in [1.165, 1.54) is 12.8 Å². The number of hydrogen-bond acceptors (Lipinski definition) is 4. The Kier molecular flexibility index (Phi) is 5.46. The fraction of sp³-hybridized carbons (Fsp3) is 1.00. The van der Waals surface area contributed by atoms with Gasteiger partial charge in [0.2, 0.25) is 0 Å². The molecule has 0 radical (unpaired) electrons. The third-order valence-corrected chi connectivity index (χ3v) is 5.28. The zero-order valence-corrected chi connectivity index (χ0v) is 13.5. The molecule has 118 valence electrons. The molecule has 2 aliphatic rings. The summed E-state index contributed by atoms with van der Waals surface area (Å²) in [5.74, 6) is 0.843. The van der Waals surface area contributed by atoms with Crippen molar-refractivity contribution in [2.75, 3.05) is 40.0 Å². The van der Waals surface area contributed by atoms with Crippen LogP contribution in [-0.4, -0.2) is 56.0 Å². The third kappa shape index (κ3) is 3.94. The summed E-state index contributed by atoms with van der Waals surface area (Å²) in [6.45, 7) is 8.65. The fourth-order valence-corrected chi connectivity index (χ4v) is 3.18. The Hall–Kier alpha value is -0.160. The normalized spacial score (nSPS) is 34.6. The van der Waals surface area contributed by atoms with Crippen molar-refractivity contribution in [3.63, 3.8) is 0 Å². The van der Waals surface area contributed by atoms with Crippen LogP contribution in [0.15, 0.2) is 0 Å². The van der Waals surface area contributed by atoms with Crippen molar-refractivity contribution < 1.29 is 9.47 Å². The lowest BCUT2D eigenvalue weighted by atomic mass is 9.78. The fourth-order valence-electron chi connectivity index (χ4n) is 3.18. The van der Waals surface area contributed by atoms with Gasteiger partial charge in [0.15, 0.2) is 0 Å². The third-order valence-electron chi connectivity index (χ3n) is 5.28. The number of ether oxygens (including phenoxy) is 2. The van der Waals surface area contributed by atoms with Crippen molar-refractivity contribution in [2.24, 2.45) is 11.7 Å². The molecule has 1 saturated heterocycles. The van der Waals surface area contributed by atoms with Crippen LogP contribution in [0.4, 0.5) is 0 Å². The minimum absolute atomic E-state index is 0.0270. The quantitative estimate of drug-likeness (QED) is 0.693. The molecule has 0 aromatic carbocycles. The minimum atomic E-state index is -0.0270. The average Bonchev–Trinajstić information content (AvgIpc) is 3.27. The molecule has 2 atom stereocenters. The zero-order valence-electron chi connectivity index (χ0n) is 13.5. The first-order valence-electron chi connectivity index (χ1n) is 8.17. The van der Waals surface area contributed by atoms with Crippen molar-refractivity contribution in [1.82, 2.24) is 4.90 Å². The maximum atomic E-state index is 6.14. The van der Waals surface area contributed by atoms with Gasteiger partial charge in [0, 0.05) is 31.8 Å². The number of hydrogen-bond donors (Lipinski definition) is 1. The van der Waals surface area contributed by atoms with E-state index in [0.717, 1.165) is 51.5 Å². The number of nitrogens with two attached hydrogens (primary N) is 1. The Morgan fingerprint density at radius 1 is 1.40 bits per heavy atom. The molecule has 0 aromatic heterocycles. The lowest BCUT2D eigenvalue weighted by Gasteiger charge is -2.50. The SMILES string of the molecule is CCC1(C)CC(CN)(N(C)CCOCC2CC2)CCO1. The molecule has 0 bridgehead atoms. The Bertz CT molecular complexity index is 309. The molecule has 0 spiro atoms. The largest absolute Gasteiger partial charge is 0.380 e. The van der Waals surface area contributed by atoms with Crippen LogP contribution in [0.5, 0.6) is 0 Å². The first-order valence-corrected chi connectivity index (χ1v) is 8.17. The summed E-state index contributed by atoms with van der Waals surface area (Å²) in [5.41, 5.74) is 6.19. The van der Waals surface area contributed by atoms with E-state index in [2.05, 4.69) is 25.8 Å². The Balaban J connectivity index is 1.83. The van der Waals surface area contributed by atoms with Gasteiger partial charge >= 0.3 is 0 Å². The molecule has 1 heterocycles. The molecule has 1 aliphatic heterocycles. The molecular formula is C16H32N2O2. The van der Waals surface area contributed by atoms with Crippen LogP contribution in [0.25, 0.3) is 0 Å². The van der Waals surface area contributed by atoms with E-state index < -0.39 is 0 Å². The van der Waals surface area contributed by atoms with Crippen LogP contribution >= 0.6 is 0 Å². The molecule has 2 unspecified atom stereocenters. The monoisotopic (exact) mass is 284 g/mol. The highest BCUT2D eigenvalue weighted by Crippen LogP contribution is 2.37. The van der Waals surface area contributed by atoms with Gasteiger partial charge in [-0.15, -0.1) is 0 Å². The molecule has 4 heteroatoms. The molecule has 2 fully saturated rings. The molecular weight excluding hydrogens is 252 g/mol. The van der Waals surface area contributed by atoms with Gasteiger partial charge in [-0.2, -0.15) is 0 Å².